The number of hydrogen-bond donors (Lipinski definition) is 2. The van der Waals surface area contributed by atoms with Crippen LogP contribution in [0.15, 0.2) is 18.3 Å². The van der Waals surface area contributed by atoms with E-state index in [1.54, 1.807) is 5.48 Å². The van der Waals surface area contributed by atoms with E-state index in [0.717, 1.165) is 0 Å². The van der Waals surface area contributed by atoms with Gasteiger partial charge in [-0.25, -0.2) is 5.48 Å². The molecule has 0 aliphatic rings. The maximum absolute atomic E-state index is 11.7. The van der Waals surface area contributed by atoms with Crippen molar-refractivity contribution < 1.29 is 22.8 Å². The van der Waals surface area contributed by atoms with Crippen LogP contribution in [-0.4, -0.2) is 23.7 Å². The number of alkyl halides is 3. The highest BCUT2D eigenvalue weighted by molar-refractivity contribution is 5.77. The lowest BCUT2D eigenvalue weighted by Crippen LogP contribution is -2.30. The van der Waals surface area contributed by atoms with Crippen LogP contribution < -0.4 is 11.2 Å². The van der Waals surface area contributed by atoms with Crippen LogP contribution in [0, 0.1) is 0 Å². The molecule has 1 heterocycles. The maximum atomic E-state index is 11.7. The zero-order chi connectivity index (χ0) is 12.9. The molecule has 1 aromatic rings. The molecule has 0 atom stereocenters. The molecule has 94 valence electrons. The number of hydrogen-bond acceptors (Lipinski definition) is 4. The van der Waals surface area contributed by atoms with Crippen molar-refractivity contribution in [1.82, 2.24) is 10.5 Å². The van der Waals surface area contributed by atoms with Gasteiger partial charge in [0.25, 0.3) is 0 Å². The minimum Gasteiger partial charge on any atom is -0.397 e. The second kappa shape index (κ2) is 5.48. The molecule has 0 spiro atoms. The number of pyridine rings is 1. The van der Waals surface area contributed by atoms with E-state index in [2.05, 4.69) is 9.82 Å². The first-order chi connectivity index (χ1) is 7.87. The van der Waals surface area contributed by atoms with E-state index in [1.165, 1.54) is 18.3 Å². The zero-order valence-corrected chi connectivity index (χ0v) is 8.62. The molecule has 0 aliphatic carbocycles. The van der Waals surface area contributed by atoms with Crippen LogP contribution in [0.4, 0.5) is 18.9 Å². The summed E-state index contributed by atoms with van der Waals surface area (Å²) in [5, 5.41) is 0. The molecule has 3 N–H and O–H groups in total. The molecule has 0 unspecified atom stereocenters. The highest BCUT2D eigenvalue weighted by atomic mass is 19.4. The molecular weight excluding hydrogens is 239 g/mol. The summed E-state index contributed by atoms with van der Waals surface area (Å²) in [5.74, 6) is -0.716. The topological polar surface area (TPSA) is 77.2 Å². The SMILES string of the molecule is Nc1ccc(CC(=O)NOCC(F)(F)F)nc1. The van der Waals surface area contributed by atoms with Gasteiger partial charge in [0.15, 0.2) is 6.61 Å². The molecule has 0 fully saturated rings. The highest BCUT2D eigenvalue weighted by Gasteiger charge is 2.28. The van der Waals surface area contributed by atoms with Crippen molar-refractivity contribution in [2.75, 3.05) is 12.3 Å². The van der Waals surface area contributed by atoms with E-state index >= 15 is 0 Å². The predicted molar refractivity (Wildman–Crippen MR) is 52.5 cm³/mol. The van der Waals surface area contributed by atoms with Gasteiger partial charge in [-0.1, -0.05) is 0 Å². The Morgan fingerprint density at radius 3 is 2.71 bits per heavy atom. The summed E-state index contributed by atoms with van der Waals surface area (Å²) < 4.78 is 35.0. The van der Waals surface area contributed by atoms with Gasteiger partial charge >= 0.3 is 6.18 Å². The summed E-state index contributed by atoms with van der Waals surface area (Å²) in [5.41, 5.74) is 7.86. The lowest BCUT2D eigenvalue weighted by atomic mass is 10.2. The van der Waals surface area contributed by atoms with E-state index in [1.807, 2.05) is 0 Å². The van der Waals surface area contributed by atoms with Gasteiger partial charge in [-0.05, 0) is 12.1 Å². The lowest BCUT2D eigenvalue weighted by molar-refractivity contribution is -0.191. The Hall–Kier alpha value is -1.83. The van der Waals surface area contributed by atoms with E-state index in [4.69, 9.17) is 5.73 Å². The molecule has 5 nitrogen and oxygen atoms in total. The van der Waals surface area contributed by atoms with Crippen LogP contribution >= 0.6 is 0 Å². The molecule has 1 rings (SSSR count). The number of nitrogens with one attached hydrogen (secondary N) is 1. The van der Waals surface area contributed by atoms with Gasteiger partial charge in [-0.15, -0.1) is 0 Å². The van der Waals surface area contributed by atoms with Gasteiger partial charge in [-0.3, -0.25) is 14.6 Å². The normalized spacial score (nSPS) is 11.2. The third-order valence-electron chi connectivity index (χ3n) is 1.61. The minimum atomic E-state index is -4.48. The van der Waals surface area contributed by atoms with Gasteiger partial charge in [0.2, 0.25) is 5.91 Å². The average molecular weight is 249 g/mol. The van der Waals surface area contributed by atoms with E-state index in [-0.39, 0.29) is 6.42 Å². The van der Waals surface area contributed by atoms with Gasteiger partial charge in [0, 0.05) is 5.69 Å². The minimum absolute atomic E-state index is 0.182. The summed E-state index contributed by atoms with van der Waals surface area (Å²) in [6.45, 7) is -1.53. The first-order valence-corrected chi connectivity index (χ1v) is 4.54. The van der Waals surface area contributed by atoms with Crippen LogP contribution in [0.1, 0.15) is 5.69 Å². The van der Waals surface area contributed by atoms with Crippen LogP contribution in [-0.2, 0) is 16.1 Å². The molecule has 0 radical (unpaired) electrons. The van der Waals surface area contributed by atoms with Crippen molar-refractivity contribution in [3.8, 4) is 0 Å². The lowest BCUT2D eigenvalue weighted by Gasteiger charge is -2.08. The molecule has 0 bridgehead atoms. The third-order valence-corrected chi connectivity index (χ3v) is 1.61. The third kappa shape index (κ3) is 5.71. The smallest absolute Gasteiger partial charge is 0.397 e. The fraction of sp³-hybridized carbons (Fsp3) is 0.333. The first kappa shape index (κ1) is 13.2. The van der Waals surface area contributed by atoms with Crippen LogP contribution in [0.2, 0.25) is 0 Å². The Balaban J connectivity index is 2.32. The summed E-state index contributed by atoms with van der Waals surface area (Å²) >= 11 is 0. The van der Waals surface area contributed by atoms with E-state index < -0.39 is 18.7 Å². The van der Waals surface area contributed by atoms with Gasteiger partial charge < -0.3 is 5.73 Å². The fourth-order valence-corrected chi connectivity index (χ4v) is 0.939. The quantitative estimate of drug-likeness (QED) is 0.774. The molecule has 0 aliphatic heterocycles. The van der Waals surface area contributed by atoms with Crippen molar-refractivity contribution in [1.29, 1.82) is 0 Å². The number of amides is 1. The van der Waals surface area contributed by atoms with Gasteiger partial charge in [-0.2, -0.15) is 13.2 Å². The molecule has 0 saturated heterocycles. The number of nitrogen functional groups attached to an aromatic ring is 1. The number of rotatable bonds is 4. The molecular formula is C9H10F3N3O2. The van der Waals surface area contributed by atoms with Crippen LogP contribution in [0.25, 0.3) is 0 Å². The Morgan fingerprint density at radius 1 is 1.47 bits per heavy atom. The van der Waals surface area contributed by atoms with Gasteiger partial charge in [0.05, 0.1) is 18.3 Å². The number of nitrogens with zero attached hydrogens (tertiary/aromatic N) is 1. The van der Waals surface area contributed by atoms with Crippen LogP contribution in [0.5, 0.6) is 0 Å². The predicted octanol–water partition coefficient (Wildman–Crippen LogP) is 0.816. The number of carbonyl (C=O) groups excluding carboxylic acids is 1. The average Bonchev–Trinajstić information content (AvgIpc) is 2.19. The molecule has 0 saturated carbocycles. The summed E-state index contributed by atoms with van der Waals surface area (Å²) in [7, 11) is 0. The van der Waals surface area contributed by atoms with Crippen molar-refractivity contribution in [2.45, 2.75) is 12.6 Å². The summed E-state index contributed by atoms with van der Waals surface area (Å²) in [6.07, 6.45) is -3.32. The standard InChI is InChI=1S/C9H10F3N3O2/c10-9(11,12)5-17-15-8(16)3-7-2-1-6(13)4-14-7/h1-2,4H,3,5,13H2,(H,15,16). The molecule has 17 heavy (non-hydrogen) atoms. The highest BCUT2D eigenvalue weighted by Crippen LogP contribution is 2.13. The largest absolute Gasteiger partial charge is 0.414 e. The van der Waals surface area contributed by atoms with E-state index in [0.29, 0.717) is 11.4 Å². The van der Waals surface area contributed by atoms with Gasteiger partial charge in [0.1, 0.15) is 0 Å². The van der Waals surface area contributed by atoms with Crippen molar-refractivity contribution in [3.63, 3.8) is 0 Å². The monoisotopic (exact) mass is 249 g/mol. The Bertz CT molecular complexity index is 378. The molecule has 1 amide bonds. The summed E-state index contributed by atoms with van der Waals surface area (Å²) in [4.78, 5) is 18.9. The fourth-order valence-electron chi connectivity index (χ4n) is 0.939. The zero-order valence-electron chi connectivity index (χ0n) is 8.62. The van der Waals surface area contributed by atoms with Crippen molar-refractivity contribution in [2.24, 2.45) is 0 Å². The Kier molecular flexibility index (Phi) is 4.27. The number of aromatic nitrogens is 1. The van der Waals surface area contributed by atoms with Crippen molar-refractivity contribution in [3.05, 3.63) is 24.0 Å². The number of halogens is 3. The maximum Gasteiger partial charge on any atom is 0.414 e. The first-order valence-electron chi connectivity index (χ1n) is 4.54. The number of carbonyl (C=O) groups is 1. The summed E-state index contributed by atoms with van der Waals surface area (Å²) in [6, 6.07) is 3.03. The Labute approximate surface area is 94.7 Å². The molecule has 0 aromatic carbocycles. The van der Waals surface area contributed by atoms with Crippen molar-refractivity contribution >= 4 is 11.6 Å². The number of hydroxylamine groups is 1. The Morgan fingerprint density at radius 2 is 2.18 bits per heavy atom. The second-order valence-electron chi connectivity index (χ2n) is 3.19. The molecule has 1 aromatic heterocycles. The number of anilines is 1. The van der Waals surface area contributed by atoms with E-state index in [9.17, 15) is 18.0 Å². The van der Waals surface area contributed by atoms with Crippen LogP contribution in [0.3, 0.4) is 0 Å². The molecule has 8 heteroatoms. The second-order valence-corrected chi connectivity index (χ2v) is 3.19. The number of nitrogens with two attached hydrogens (primary N) is 1.